The second-order valence-electron chi connectivity index (χ2n) is 3.42. The van der Waals surface area contributed by atoms with Crippen molar-refractivity contribution in [1.82, 2.24) is 15.0 Å². The highest BCUT2D eigenvalue weighted by Crippen LogP contribution is 2.15. The summed E-state index contributed by atoms with van der Waals surface area (Å²) < 4.78 is 0. The van der Waals surface area contributed by atoms with Crippen molar-refractivity contribution in [3.63, 3.8) is 0 Å². The van der Waals surface area contributed by atoms with Crippen molar-refractivity contribution in [2.24, 2.45) is 0 Å². The highest BCUT2D eigenvalue weighted by Gasteiger charge is 1.93. The number of aromatic amines is 1. The van der Waals surface area contributed by atoms with E-state index in [4.69, 9.17) is 0 Å². The first-order valence-electron chi connectivity index (χ1n) is 5.10. The zero-order valence-corrected chi connectivity index (χ0v) is 9.09. The van der Waals surface area contributed by atoms with Crippen LogP contribution in [-0.2, 0) is 0 Å². The number of hydrogen-bond donors (Lipinski definition) is 1. The molecule has 3 aromatic rings. The van der Waals surface area contributed by atoms with Crippen LogP contribution < -0.4 is 0 Å². The maximum Gasteiger partial charge on any atom is 0.115 e. The minimum atomic E-state index is 1.22. The van der Waals surface area contributed by atoms with Crippen LogP contribution in [0.2, 0.25) is 0 Å². The van der Waals surface area contributed by atoms with Crippen LogP contribution in [0.25, 0.3) is 10.9 Å². The molecule has 0 atom stereocenters. The molecule has 0 aliphatic rings. The molecular formula is C13H13N3. The smallest absolute Gasteiger partial charge is 0.115 e. The third-order valence-electron chi connectivity index (χ3n) is 2.29. The van der Waals surface area contributed by atoms with Crippen LogP contribution in [0, 0.1) is 6.92 Å². The molecule has 0 radical (unpaired) electrons. The Morgan fingerprint density at radius 1 is 1.00 bits per heavy atom. The van der Waals surface area contributed by atoms with E-state index in [1.165, 1.54) is 22.8 Å². The molecule has 3 nitrogen and oxygen atoms in total. The minimum Gasteiger partial charge on any atom is -0.361 e. The van der Waals surface area contributed by atoms with Crippen LogP contribution in [0.15, 0.2) is 55.2 Å². The van der Waals surface area contributed by atoms with Crippen LogP contribution in [0.5, 0.6) is 0 Å². The summed E-state index contributed by atoms with van der Waals surface area (Å²) in [4.78, 5) is 10.5. The van der Waals surface area contributed by atoms with Crippen molar-refractivity contribution in [2.75, 3.05) is 0 Å². The summed E-state index contributed by atoms with van der Waals surface area (Å²) >= 11 is 0. The van der Waals surface area contributed by atoms with E-state index in [2.05, 4.69) is 46.1 Å². The lowest BCUT2D eigenvalue weighted by molar-refractivity contribution is 1.17. The van der Waals surface area contributed by atoms with Crippen molar-refractivity contribution >= 4 is 10.9 Å². The Morgan fingerprint density at radius 3 is 2.38 bits per heavy atom. The van der Waals surface area contributed by atoms with Gasteiger partial charge in [-0.3, -0.25) is 0 Å². The van der Waals surface area contributed by atoms with Crippen LogP contribution in [0.3, 0.4) is 0 Å². The largest absolute Gasteiger partial charge is 0.361 e. The summed E-state index contributed by atoms with van der Waals surface area (Å²) in [6, 6.07) is 10.2. The molecule has 3 rings (SSSR count). The van der Waals surface area contributed by atoms with Gasteiger partial charge in [0.1, 0.15) is 6.33 Å². The highest BCUT2D eigenvalue weighted by atomic mass is 14.8. The lowest BCUT2D eigenvalue weighted by atomic mass is 10.1. The quantitative estimate of drug-likeness (QED) is 0.621. The van der Waals surface area contributed by atoms with Crippen LogP contribution in [0.1, 0.15) is 5.56 Å². The number of rotatable bonds is 0. The molecule has 0 saturated heterocycles. The summed E-state index contributed by atoms with van der Waals surface area (Å²) in [6.45, 7) is 2.12. The van der Waals surface area contributed by atoms with Gasteiger partial charge < -0.3 is 4.98 Å². The number of hydrogen-bond acceptors (Lipinski definition) is 2. The van der Waals surface area contributed by atoms with E-state index >= 15 is 0 Å². The molecule has 0 aliphatic heterocycles. The Hall–Kier alpha value is -2.16. The van der Waals surface area contributed by atoms with Crippen LogP contribution >= 0.6 is 0 Å². The number of aromatic nitrogens is 3. The normalized spacial score (nSPS) is 9.56. The Morgan fingerprint density at radius 2 is 1.81 bits per heavy atom. The first-order valence-corrected chi connectivity index (χ1v) is 5.10. The first-order chi connectivity index (χ1) is 7.88. The van der Waals surface area contributed by atoms with Crippen LogP contribution in [-0.4, -0.2) is 15.0 Å². The molecule has 2 heterocycles. The topological polar surface area (TPSA) is 41.6 Å². The number of H-pyrrole nitrogens is 1. The SMILES string of the molecule is Cc1cccc2[nH]ccc12.c1cncnc1. The number of aryl methyl sites for hydroxylation is 1. The second-order valence-corrected chi connectivity index (χ2v) is 3.42. The second kappa shape index (κ2) is 5.07. The maximum absolute atomic E-state index is 3.67. The van der Waals surface area contributed by atoms with Gasteiger partial charge in [0, 0.05) is 29.5 Å². The van der Waals surface area contributed by atoms with E-state index in [9.17, 15) is 0 Å². The van der Waals surface area contributed by atoms with Crippen molar-refractivity contribution < 1.29 is 0 Å². The third-order valence-corrected chi connectivity index (χ3v) is 2.29. The average Bonchev–Trinajstić information content (AvgIpc) is 2.82. The standard InChI is InChI=1S/C9H9N.C4H4N2/c1-7-3-2-4-9-8(7)5-6-10-9;1-2-5-4-6-3-1/h2-6,10H,1H3;1-4H. The summed E-state index contributed by atoms with van der Waals surface area (Å²) in [7, 11) is 0. The number of nitrogens with one attached hydrogen (secondary N) is 1. The monoisotopic (exact) mass is 211 g/mol. The lowest BCUT2D eigenvalue weighted by Crippen LogP contribution is -1.71. The molecule has 0 aliphatic carbocycles. The van der Waals surface area contributed by atoms with Crippen molar-refractivity contribution in [3.8, 4) is 0 Å². The molecule has 1 aromatic carbocycles. The van der Waals surface area contributed by atoms with Gasteiger partial charge in [-0.1, -0.05) is 12.1 Å². The average molecular weight is 211 g/mol. The molecule has 0 saturated carbocycles. The fourth-order valence-electron chi connectivity index (χ4n) is 1.50. The number of fused-ring (bicyclic) bond motifs is 1. The molecule has 0 fully saturated rings. The summed E-state index contributed by atoms with van der Waals surface area (Å²) in [5, 5.41) is 1.32. The molecule has 80 valence electrons. The number of nitrogens with zero attached hydrogens (tertiary/aromatic N) is 2. The molecule has 0 unspecified atom stereocenters. The Labute approximate surface area is 94.2 Å². The van der Waals surface area contributed by atoms with E-state index in [0.717, 1.165) is 0 Å². The van der Waals surface area contributed by atoms with Crippen molar-refractivity contribution in [1.29, 1.82) is 0 Å². The predicted octanol–water partition coefficient (Wildman–Crippen LogP) is 2.95. The van der Waals surface area contributed by atoms with Gasteiger partial charge in [0.2, 0.25) is 0 Å². The van der Waals surface area contributed by atoms with Crippen LogP contribution in [0.4, 0.5) is 0 Å². The molecule has 1 N–H and O–H groups in total. The molecule has 0 amide bonds. The molecule has 0 bridgehead atoms. The molecule has 0 spiro atoms. The fourth-order valence-corrected chi connectivity index (χ4v) is 1.50. The predicted molar refractivity (Wildman–Crippen MR) is 65.1 cm³/mol. The summed E-state index contributed by atoms with van der Waals surface area (Å²) in [5.74, 6) is 0. The van der Waals surface area contributed by atoms with E-state index in [0.29, 0.717) is 0 Å². The van der Waals surface area contributed by atoms with E-state index < -0.39 is 0 Å². The van der Waals surface area contributed by atoms with Gasteiger partial charge >= 0.3 is 0 Å². The molecule has 16 heavy (non-hydrogen) atoms. The summed E-state index contributed by atoms with van der Waals surface area (Å²) in [6.07, 6.45) is 6.84. The van der Waals surface area contributed by atoms with Gasteiger partial charge in [0.25, 0.3) is 0 Å². The lowest BCUT2D eigenvalue weighted by Gasteiger charge is -1.92. The summed E-state index contributed by atoms with van der Waals surface area (Å²) in [5.41, 5.74) is 2.55. The zero-order valence-electron chi connectivity index (χ0n) is 9.09. The van der Waals surface area contributed by atoms with Gasteiger partial charge in [-0.05, 0) is 30.7 Å². The first kappa shape index (κ1) is 10.4. The van der Waals surface area contributed by atoms with Crippen molar-refractivity contribution in [3.05, 3.63) is 60.8 Å². The maximum atomic E-state index is 3.67. The molecule has 3 heteroatoms. The van der Waals surface area contributed by atoms with Crippen molar-refractivity contribution in [2.45, 2.75) is 6.92 Å². The van der Waals surface area contributed by atoms with Gasteiger partial charge in [-0.15, -0.1) is 0 Å². The Balaban J connectivity index is 0.000000138. The molecule has 2 aromatic heterocycles. The van der Waals surface area contributed by atoms with Gasteiger partial charge in [0.05, 0.1) is 0 Å². The third kappa shape index (κ3) is 2.45. The van der Waals surface area contributed by atoms with E-state index in [-0.39, 0.29) is 0 Å². The van der Waals surface area contributed by atoms with Gasteiger partial charge in [0.15, 0.2) is 0 Å². The van der Waals surface area contributed by atoms with E-state index in [1.54, 1.807) is 18.5 Å². The highest BCUT2D eigenvalue weighted by molar-refractivity contribution is 5.82. The Kier molecular flexibility index (Phi) is 3.28. The van der Waals surface area contributed by atoms with Gasteiger partial charge in [-0.2, -0.15) is 0 Å². The van der Waals surface area contributed by atoms with E-state index in [1.807, 2.05) is 6.20 Å². The Bertz CT molecular complexity index is 516. The fraction of sp³-hybridized carbons (Fsp3) is 0.0769. The zero-order chi connectivity index (χ0) is 11.2. The number of benzene rings is 1. The van der Waals surface area contributed by atoms with Gasteiger partial charge in [-0.25, -0.2) is 9.97 Å². The minimum absolute atomic E-state index is 1.22. The molecular weight excluding hydrogens is 198 g/mol.